The van der Waals surface area contributed by atoms with Crippen molar-refractivity contribution >= 4 is 76.6 Å². The molecule has 0 spiro atoms. The fraction of sp³-hybridized carbons (Fsp3) is 0.167. The molecule has 0 saturated carbocycles. The Kier molecular flexibility index (Phi) is 10.1. The number of carbonyl (C=O) groups excluding carboxylic acids is 3. The highest BCUT2D eigenvalue weighted by Crippen LogP contribution is 2.26. The molecule has 0 aliphatic heterocycles. The summed E-state index contributed by atoms with van der Waals surface area (Å²) in [6, 6.07) is 8.28. The Morgan fingerprint density at radius 3 is 2.42 bits per heavy atom. The van der Waals surface area contributed by atoms with Crippen molar-refractivity contribution in [3.8, 4) is 0 Å². The smallest absolute Gasteiger partial charge is 0.332 e. The van der Waals surface area contributed by atoms with Gasteiger partial charge in [0.05, 0.1) is 33.0 Å². The number of aromatic nitrogens is 3. The van der Waals surface area contributed by atoms with Crippen LogP contribution in [0.5, 0.6) is 0 Å². The van der Waals surface area contributed by atoms with Crippen LogP contribution in [0.3, 0.4) is 0 Å². The van der Waals surface area contributed by atoms with Gasteiger partial charge in [0, 0.05) is 57.9 Å². The van der Waals surface area contributed by atoms with Crippen molar-refractivity contribution in [1.29, 1.82) is 5.41 Å². The molecule has 3 heterocycles. The molecular formula is C24H27Cl2N9O5. The molecule has 0 fully saturated rings. The third-order valence-electron chi connectivity index (χ3n) is 5.87. The van der Waals surface area contributed by atoms with Crippen LogP contribution in [0.2, 0.25) is 0 Å². The number of hydrogen-bond acceptors (Lipinski definition) is 6. The lowest BCUT2D eigenvalue weighted by atomic mass is 10.2. The molecule has 14 nitrogen and oxygen atoms in total. The van der Waals surface area contributed by atoms with Gasteiger partial charge in [-0.2, -0.15) is 0 Å². The van der Waals surface area contributed by atoms with Gasteiger partial charge in [-0.3, -0.25) is 34.4 Å². The van der Waals surface area contributed by atoms with Crippen LogP contribution in [-0.2, 0) is 0 Å². The van der Waals surface area contributed by atoms with E-state index in [1.54, 1.807) is 26.2 Å². The van der Waals surface area contributed by atoms with Gasteiger partial charge in [-0.15, -0.1) is 24.8 Å². The normalized spacial score (nSPS) is 10.2. The largest absolute Gasteiger partial charge is 0.388 e. The molecule has 0 saturated heterocycles. The molecule has 0 unspecified atom stereocenters. The predicted molar refractivity (Wildman–Crippen MR) is 155 cm³/mol. The van der Waals surface area contributed by atoms with E-state index in [4.69, 9.17) is 11.1 Å². The molecule has 1 aromatic carbocycles. The highest BCUT2D eigenvalue weighted by molar-refractivity contribution is 6.07. The summed E-state index contributed by atoms with van der Waals surface area (Å²) in [5, 5.41) is 21.5. The number of carbonyl (C=O) groups is 3. The first-order valence-electron chi connectivity index (χ1n) is 11.3. The fourth-order valence-corrected chi connectivity index (χ4v) is 3.78. The number of amides is 3. The summed E-state index contributed by atoms with van der Waals surface area (Å²) in [6.45, 7) is 0.281. The van der Waals surface area contributed by atoms with E-state index >= 15 is 0 Å². The van der Waals surface area contributed by atoms with Crippen molar-refractivity contribution in [2.45, 2.75) is 6.42 Å². The minimum Gasteiger partial charge on any atom is -0.388 e. The highest BCUT2D eigenvalue weighted by Gasteiger charge is 2.20. The maximum atomic E-state index is 13.0. The van der Waals surface area contributed by atoms with Crippen LogP contribution in [0, 0.1) is 15.5 Å². The summed E-state index contributed by atoms with van der Waals surface area (Å²) < 4.78 is 2.59. The van der Waals surface area contributed by atoms with Gasteiger partial charge in [0.15, 0.2) is 0 Å². The van der Waals surface area contributed by atoms with E-state index < -0.39 is 16.9 Å². The van der Waals surface area contributed by atoms with Gasteiger partial charge < -0.3 is 20.9 Å². The second kappa shape index (κ2) is 12.8. The first kappa shape index (κ1) is 31.4. The first-order chi connectivity index (χ1) is 18.0. The van der Waals surface area contributed by atoms with E-state index in [1.807, 2.05) is 0 Å². The van der Waals surface area contributed by atoms with Crippen molar-refractivity contribution in [1.82, 2.24) is 19.0 Å². The predicted octanol–water partition coefficient (Wildman–Crippen LogP) is 4.11. The van der Waals surface area contributed by atoms with Gasteiger partial charge in [0.1, 0.15) is 5.69 Å². The average Bonchev–Trinajstić information content (AvgIpc) is 3.65. The van der Waals surface area contributed by atoms with Gasteiger partial charge in [0.2, 0.25) is 0 Å². The second-order valence-electron chi connectivity index (χ2n) is 8.54. The van der Waals surface area contributed by atoms with Crippen molar-refractivity contribution in [3.63, 3.8) is 0 Å². The minimum atomic E-state index is -0.529. The summed E-state index contributed by atoms with van der Waals surface area (Å²) >= 11 is 0. The number of nitrogens with zero attached hydrogens (tertiary/aromatic N) is 5. The Labute approximate surface area is 240 Å². The van der Waals surface area contributed by atoms with Crippen LogP contribution in [0.15, 0.2) is 61.2 Å². The Morgan fingerprint density at radius 2 is 1.75 bits per heavy atom. The lowest BCUT2D eigenvalue weighted by Gasteiger charge is -2.18. The summed E-state index contributed by atoms with van der Waals surface area (Å²) in [6.07, 6.45) is 6.19. The van der Waals surface area contributed by atoms with Gasteiger partial charge in [-0.25, -0.2) is 9.59 Å². The van der Waals surface area contributed by atoms with Crippen molar-refractivity contribution in [2.75, 3.05) is 30.9 Å². The molecule has 0 bridgehead atoms. The molecule has 0 aliphatic rings. The molecule has 4 aromatic rings. The van der Waals surface area contributed by atoms with Crippen molar-refractivity contribution in [3.05, 3.63) is 77.0 Å². The molecule has 4 rings (SSSR count). The molecule has 0 radical (unpaired) electrons. The Morgan fingerprint density at radius 1 is 1.07 bits per heavy atom. The van der Waals surface area contributed by atoms with Crippen LogP contribution in [0.1, 0.15) is 16.9 Å². The molecule has 40 heavy (non-hydrogen) atoms. The Balaban J connectivity index is 0.00000280. The molecule has 5 N–H and O–H groups in total. The lowest BCUT2D eigenvalue weighted by Crippen LogP contribution is -2.33. The standard InChI is InChI=1S/C24H25N9O5.2ClH/c1-29(9-8-21(25)26)23(35)32-11-7-16(14-32)30(2)24(36)31-10-6-15(13-31)27-22(34)19-12-17-18(28-19)4-3-5-20(17)33(37)38;;/h3-7,10-14,28H,8-9H2,1-2H3,(H3,25,26)(H,27,34);2*1H. The van der Waals surface area contributed by atoms with Gasteiger partial charge >= 0.3 is 12.1 Å². The molecule has 16 heteroatoms. The average molecular weight is 592 g/mol. The summed E-state index contributed by atoms with van der Waals surface area (Å²) in [5.41, 5.74) is 6.61. The molecule has 3 aromatic heterocycles. The number of hydrogen-bond donors (Lipinski definition) is 4. The summed E-state index contributed by atoms with van der Waals surface area (Å²) in [4.78, 5) is 54.6. The third kappa shape index (κ3) is 6.59. The zero-order valence-electron chi connectivity index (χ0n) is 21.4. The third-order valence-corrected chi connectivity index (χ3v) is 5.87. The number of aromatic amines is 1. The number of nitro benzene ring substituents is 1. The number of non-ortho nitro benzene ring substituents is 1. The summed E-state index contributed by atoms with van der Waals surface area (Å²) in [7, 11) is 3.13. The van der Waals surface area contributed by atoms with Gasteiger partial charge in [-0.05, 0) is 24.3 Å². The van der Waals surface area contributed by atoms with Crippen molar-refractivity contribution < 1.29 is 19.3 Å². The number of rotatable bonds is 7. The van der Waals surface area contributed by atoms with E-state index in [-0.39, 0.29) is 61.0 Å². The number of H-pyrrole nitrogens is 1. The van der Waals surface area contributed by atoms with Crippen LogP contribution in [-0.4, -0.2) is 68.4 Å². The second-order valence-corrected chi connectivity index (χ2v) is 8.54. The Bertz CT molecular complexity index is 1580. The first-order valence-corrected chi connectivity index (χ1v) is 11.3. The van der Waals surface area contributed by atoms with Gasteiger partial charge in [0.25, 0.3) is 11.6 Å². The topological polar surface area (TPSA) is 188 Å². The lowest BCUT2D eigenvalue weighted by molar-refractivity contribution is -0.383. The van der Waals surface area contributed by atoms with E-state index in [0.717, 1.165) is 0 Å². The number of nitro groups is 1. The monoisotopic (exact) mass is 591 g/mol. The molecule has 3 amide bonds. The SMILES string of the molecule is CN(CCC(=N)N)C(=O)n1ccc(N(C)C(=O)n2ccc(NC(=O)c3cc4c([N+](=O)[O-])cccc4[nH]3)c2)c1.Cl.Cl. The summed E-state index contributed by atoms with van der Waals surface area (Å²) in [5.74, 6) is -0.547. The maximum Gasteiger partial charge on any atom is 0.332 e. The minimum absolute atomic E-state index is 0. The zero-order valence-corrected chi connectivity index (χ0v) is 23.0. The number of amidine groups is 1. The van der Waals surface area contributed by atoms with E-state index in [9.17, 15) is 24.5 Å². The van der Waals surface area contributed by atoms with Crippen LogP contribution >= 0.6 is 24.8 Å². The number of anilines is 2. The quantitative estimate of drug-likeness (QED) is 0.108. The zero-order chi connectivity index (χ0) is 27.6. The molecule has 0 atom stereocenters. The molecule has 212 valence electrons. The van der Waals surface area contributed by atoms with E-state index in [2.05, 4.69) is 10.3 Å². The van der Waals surface area contributed by atoms with Crippen LogP contribution < -0.4 is 16.0 Å². The van der Waals surface area contributed by atoms with Crippen LogP contribution in [0.4, 0.5) is 26.7 Å². The number of benzene rings is 1. The van der Waals surface area contributed by atoms with Crippen molar-refractivity contribution in [2.24, 2.45) is 5.73 Å². The fourth-order valence-electron chi connectivity index (χ4n) is 3.78. The maximum absolute atomic E-state index is 13.0. The number of fused-ring (bicyclic) bond motifs is 1. The van der Waals surface area contributed by atoms with E-state index in [1.165, 1.54) is 68.0 Å². The number of halogens is 2. The van der Waals surface area contributed by atoms with E-state index in [0.29, 0.717) is 22.3 Å². The van der Waals surface area contributed by atoms with Crippen LogP contribution in [0.25, 0.3) is 10.9 Å². The highest BCUT2D eigenvalue weighted by atomic mass is 35.5. The molecule has 0 aliphatic carbocycles. The number of nitrogens with two attached hydrogens (primary N) is 1. The van der Waals surface area contributed by atoms with Gasteiger partial charge in [-0.1, -0.05) is 6.07 Å². The Hall–Kier alpha value is -4.82. The molecular weight excluding hydrogens is 565 g/mol. The number of nitrogens with one attached hydrogen (secondary N) is 3.